The zero-order chi connectivity index (χ0) is 22.3. The standard InChI is InChI=1S/C22H46O4Si2/c1-16(2)18-19(25-22(9,10)24-18)17(26-28(13,14)21(6,7)8)15-23-27(11,12)20(3,4)5/h17-19H,1,15H2,2-14H3/t17-,18+,19-/m1/s1. The van der Waals surface area contributed by atoms with Gasteiger partial charge >= 0.3 is 0 Å². The first-order valence-electron chi connectivity index (χ1n) is 10.5. The maximum absolute atomic E-state index is 6.86. The van der Waals surface area contributed by atoms with Crippen molar-refractivity contribution < 1.29 is 18.3 Å². The molecule has 1 heterocycles. The highest BCUT2D eigenvalue weighted by Gasteiger charge is 2.50. The van der Waals surface area contributed by atoms with E-state index in [2.05, 4.69) is 74.3 Å². The van der Waals surface area contributed by atoms with Crippen molar-refractivity contribution in [2.24, 2.45) is 0 Å². The summed E-state index contributed by atoms with van der Waals surface area (Å²) in [5.74, 6) is -0.652. The van der Waals surface area contributed by atoms with Gasteiger partial charge in [-0.25, -0.2) is 0 Å². The summed E-state index contributed by atoms with van der Waals surface area (Å²) >= 11 is 0. The van der Waals surface area contributed by atoms with E-state index >= 15 is 0 Å². The molecule has 0 N–H and O–H groups in total. The molecule has 1 aliphatic rings. The van der Waals surface area contributed by atoms with Crippen LogP contribution in [-0.2, 0) is 18.3 Å². The van der Waals surface area contributed by atoms with E-state index in [1.165, 1.54) is 0 Å². The van der Waals surface area contributed by atoms with Crippen LogP contribution in [0.1, 0.15) is 62.3 Å². The van der Waals surface area contributed by atoms with Gasteiger partial charge in [0.25, 0.3) is 0 Å². The van der Waals surface area contributed by atoms with Crippen LogP contribution in [0.2, 0.25) is 36.3 Å². The number of hydrogen-bond acceptors (Lipinski definition) is 4. The van der Waals surface area contributed by atoms with Crippen LogP contribution in [0.5, 0.6) is 0 Å². The molecule has 4 nitrogen and oxygen atoms in total. The molecule has 0 spiro atoms. The van der Waals surface area contributed by atoms with Crippen LogP contribution in [0, 0.1) is 0 Å². The molecule has 0 saturated carbocycles. The Kier molecular flexibility index (Phi) is 7.69. The van der Waals surface area contributed by atoms with Crippen molar-refractivity contribution in [2.75, 3.05) is 6.61 Å². The van der Waals surface area contributed by atoms with Gasteiger partial charge in [0, 0.05) is 0 Å². The normalized spacial score (nSPS) is 25.0. The Morgan fingerprint density at radius 1 is 0.964 bits per heavy atom. The summed E-state index contributed by atoms with van der Waals surface area (Å²) in [6, 6.07) is 0. The summed E-state index contributed by atoms with van der Waals surface area (Å²) in [6.45, 7) is 33.3. The van der Waals surface area contributed by atoms with Crippen molar-refractivity contribution in [2.45, 2.75) is 123 Å². The molecule has 0 unspecified atom stereocenters. The maximum atomic E-state index is 6.86. The first-order chi connectivity index (χ1) is 12.2. The number of ether oxygens (including phenoxy) is 2. The second-order valence-electron chi connectivity index (χ2n) is 11.9. The van der Waals surface area contributed by atoms with E-state index in [0.717, 1.165) is 5.57 Å². The lowest BCUT2D eigenvalue weighted by molar-refractivity contribution is -0.154. The Morgan fingerprint density at radius 2 is 1.43 bits per heavy atom. The lowest BCUT2D eigenvalue weighted by Gasteiger charge is -2.43. The molecule has 0 aromatic rings. The molecule has 1 saturated heterocycles. The molecule has 0 aromatic carbocycles. The highest BCUT2D eigenvalue weighted by Crippen LogP contribution is 2.42. The average molecular weight is 431 g/mol. The molecule has 28 heavy (non-hydrogen) atoms. The molecule has 0 aliphatic carbocycles. The quantitative estimate of drug-likeness (QED) is 0.341. The summed E-state index contributed by atoms with van der Waals surface area (Å²) < 4.78 is 26.0. The fourth-order valence-corrected chi connectivity index (χ4v) is 5.03. The minimum Gasteiger partial charge on any atom is -0.414 e. The third kappa shape index (κ3) is 6.25. The molecule has 0 bridgehead atoms. The highest BCUT2D eigenvalue weighted by molar-refractivity contribution is 6.74. The Bertz CT molecular complexity index is 556. The van der Waals surface area contributed by atoms with Gasteiger partial charge in [0.1, 0.15) is 12.2 Å². The molecule has 1 aliphatic heterocycles. The highest BCUT2D eigenvalue weighted by atomic mass is 28.4. The minimum atomic E-state index is -2.02. The van der Waals surface area contributed by atoms with Crippen LogP contribution in [-0.4, -0.2) is 47.3 Å². The lowest BCUT2D eigenvalue weighted by Crippen LogP contribution is -2.53. The smallest absolute Gasteiger partial charge is 0.192 e. The molecular weight excluding hydrogens is 384 g/mol. The molecule has 166 valence electrons. The van der Waals surface area contributed by atoms with E-state index in [9.17, 15) is 0 Å². The van der Waals surface area contributed by atoms with Gasteiger partial charge in [-0.05, 0) is 62.6 Å². The Labute approximate surface area is 176 Å². The van der Waals surface area contributed by atoms with E-state index in [4.69, 9.17) is 18.3 Å². The molecule has 0 aromatic heterocycles. The molecule has 3 atom stereocenters. The van der Waals surface area contributed by atoms with Crippen molar-refractivity contribution in [3.63, 3.8) is 0 Å². The van der Waals surface area contributed by atoms with Gasteiger partial charge in [-0.1, -0.05) is 48.1 Å². The third-order valence-electron chi connectivity index (χ3n) is 6.65. The molecule has 1 rings (SSSR count). The van der Waals surface area contributed by atoms with Gasteiger partial charge in [-0.15, -0.1) is 0 Å². The predicted molar refractivity (Wildman–Crippen MR) is 124 cm³/mol. The summed E-state index contributed by atoms with van der Waals surface area (Å²) in [4.78, 5) is 0. The van der Waals surface area contributed by atoms with Crippen LogP contribution in [0.15, 0.2) is 12.2 Å². The van der Waals surface area contributed by atoms with E-state index in [-0.39, 0.29) is 28.4 Å². The van der Waals surface area contributed by atoms with Crippen LogP contribution < -0.4 is 0 Å². The van der Waals surface area contributed by atoms with E-state index in [1.54, 1.807) is 0 Å². The maximum Gasteiger partial charge on any atom is 0.192 e. The molecular formula is C22H46O4Si2. The summed E-state index contributed by atoms with van der Waals surface area (Å²) in [5, 5.41) is 0.254. The third-order valence-corrected chi connectivity index (χ3v) is 15.7. The first kappa shape index (κ1) is 26.0. The van der Waals surface area contributed by atoms with Crippen molar-refractivity contribution in [1.82, 2.24) is 0 Å². The zero-order valence-corrected chi connectivity index (χ0v) is 22.8. The average Bonchev–Trinajstić information content (AvgIpc) is 2.77. The van der Waals surface area contributed by atoms with Crippen LogP contribution in [0.25, 0.3) is 0 Å². The van der Waals surface area contributed by atoms with Crippen LogP contribution in [0.4, 0.5) is 0 Å². The van der Waals surface area contributed by atoms with Crippen molar-refractivity contribution >= 4 is 16.6 Å². The largest absolute Gasteiger partial charge is 0.414 e. The summed E-state index contributed by atoms with van der Waals surface area (Å²) in [7, 11) is -3.93. The number of hydrogen-bond donors (Lipinski definition) is 0. The van der Waals surface area contributed by atoms with Gasteiger partial charge in [-0.2, -0.15) is 0 Å². The van der Waals surface area contributed by atoms with Crippen LogP contribution in [0.3, 0.4) is 0 Å². The molecule has 6 heteroatoms. The monoisotopic (exact) mass is 430 g/mol. The first-order valence-corrected chi connectivity index (χ1v) is 16.3. The predicted octanol–water partition coefficient (Wildman–Crippen LogP) is 6.49. The minimum absolute atomic E-state index is 0.107. The van der Waals surface area contributed by atoms with Gasteiger partial charge in [0.05, 0.1) is 12.7 Å². The summed E-state index contributed by atoms with van der Waals surface area (Å²) in [6.07, 6.45) is -0.585. The van der Waals surface area contributed by atoms with E-state index in [1.807, 2.05) is 20.8 Å². The van der Waals surface area contributed by atoms with Gasteiger partial charge < -0.3 is 18.3 Å². The van der Waals surface area contributed by atoms with E-state index in [0.29, 0.717) is 6.61 Å². The van der Waals surface area contributed by atoms with Gasteiger partial charge in [-0.3, -0.25) is 0 Å². The van der Waals surface area contributed by atoms with Gasteiger partial charge in [0.15, 0.2) is 22.4 Å². The Hall–Kier alpha value is 0.0138. The molecule has 1 fully saturated rings. The zero-order valence-electron chi connectivity index (χ0n) is 20.8. The van der Waals surface area contributed by atoms with Crippen molar-refractivity contribution in [1.29, 1.82) is 0 Å². The second kappa shape index (κ2) is 8.27. The topological polar surface area (TPSA) is 36.9 Å². The fraction of sp³-hybridized carbons (Fsp3) is 0.909. The Balaban J connectivity index is 3.19. The summed E-state index contributed by atoms with van der Waals surface area (Å²) in [5.41, 5.74) is 0.965. The van der Waals surface area contributed by atoms with Crippen molar-refractivity contribution in [3.8, 4) is 0 Å². The Morgan fingerprint density at radius 3 is 1.82 bits per heavy atom. The lowest BCUT2D eigenvalue weighted by atomic mass is 10.0. The molecule has 0 radical (unpaired) electrons. The van der Waals surface area contributed by atoms with E-state index < -0.39 is 22.4 Å². The SMILES string of the molecule is C=C(C)[C@@H]1OC(C)(C)O[C@@H]1[C@@H](CO[Si](C)(C)C(C)(C)C)O[Si](C)(C)C(C)(C)C. The fourth-order valence-electron chi connectivity index (χ4n) is 2.70. The molecule has 0 amide bonds. The van der Waals surface area contributed by atoms with Crippen LogP contribution >= 0.6 is 0 Å². The second-order valence-corrected chi connectivity index (χ2v) is 21.4. The van der Waals surface area contributed by atoms with Gasteiger partial charge in [0.2, 0.25) is 0 Å². The number of rotatable bonds is 7. The van der Waals surface area contributed by atoms with Crippen molar-refractivity contribution in [3.05, 3.63) is 12.2 Å².